The lowest BCUT2D eigenvalue weighted by Crippen LogP contribution is -2.38. The van der Waals surface area contributed by atoms with E-state index < -0.39 is 9.84 Å². The quantitative estimate of drug-likeness (QED) is 0.773. The van der Waals surface area contributed by atoms with Gasteiger partial charge in [-0.05, 0) is 36.8 Å². The van der Waals surface area contributed by atoms with Crippen LogP contribution in [0.3, 0.4) is 0 Å². The van der Waals surface area contributed by atoms with Crippen molar-refractivity contribution in [3.05, 3.63) is 35.4 Å². The van der Waals surface area contributed by atoms with E-state index in [0.717, 1.165) is 6.42 Å². The van der Waals surface area contributed by atoms with Crippen molar-refractivity contribution in [2.24, 2.45) is 11.3 Å². The highest BCUT2D eigenvalue weighted by Gasteiger charge is 2.43. The first kappa shape index (κ1) is 16.1. The summed E-state index contributed by atoms with van der Waals surface area (Å²) < 4.78 is 23.5. The van der Waals surface area contributed by atoms with Crippen LogP contribution in [-0.2, 0) is 16.3 Å². The largest absolute Gasteiger partial charge is 0.229 e. The Bertz CT molecular complexity index is 565. The normalized spacial score (nSPS) is 22.1. The van der Waals surface area contributed by atoms with Gasteiger partial charge in [0.2, 0.25) is 0 Å². The molecule has 1 aliphatic rings. The Kier molecular flexibility index (Phi) is 5.04. The monoisotopic (exact) mass is 334 g/mol. The van der Waals surface area contributed by atoms with Gasteiger partial charge in [-0.1, -0.05) is 24.3 Å². The molecule has 1 saturated heterocycles. The third-order valence-electron chi connectivity index (χ3n) is 4.43. The minimum Gasteiger partial charge on any atom is -0.229 e. The molecule has 0 aromatic heterocycles. The fraction of sp³-hybridized carbons (Fsp3) is 0.600. The van der Waals surface area contributed by atoms with Crippen LogP contribution in [0.5, 0.6) is 0 Å². The molecule has 1 aromatic rings. The van der Waals surface area contributed by atoms with Gasteiger partial charge in [0, 0.05) is 17.2 Å². The molecule has 0 saturated carbocycles. The van der Waals surface area contributed by atoms with Gasteiger partial charge in [0.15, 0.2) is 9.84 Å². The van der Waals surface area contributed by atoms with Gasteiger partial charge in [0.25, 0.3) is 0 Å². The highest BCUT2D eigenvalue weighted by Crippen LogP contribution is 2.41. The fourth-order valence-electron chi connectivity index (χ4n) is 2.96. The molecule has 0 N–H and O–H groups in total. The molecule has 0 radical (unpaired) electrons. The summed E-state index contributed by atoms with van der Waals surface area (Å²) in [5, 5.41) is 0. The van der Waals surface area contributed by atoms with Gasteiger partial charge in [-0.25, -0.2) is 8.42 Å². The average molecular weight is 335 g/mol. The molecule has 0 bridgehead atoms. The SMILES string of the molecule is Cc1ccccc1CC(CCl)(CCl)C1CCS(=O)(=O)C1. The lowest BCUT2D eigenvalue weighted by atomic mass is 9.73. The maximum absolute atomic E-state index is 11.8. The highest BCUT2D eigenvalue weighted by molar-refractivity contribution is 7.91. The number of hydrogen-bond donors (Lipinski definition) is 0. The predicted octanol–water partition coefficient (Wildman–Crippen LogP) is 3.44. The van der Waals surface area contributed by atoms with Crippen molar-refractivity contribution in [1.29, 1.82) is 0 Å². The first-order valence-electron chi connectivity index (χ1n) is 6.79. The second-order valence-electron chi connectivity index (χ2n) is 5.83. The van der Waals surface area contributed by atoms with Gasteiger partial charge < -0.3 is 0 Å². The molecule has 1 atom stereocenters. The molecule has 112 valence electrons. The van der Waals surface area contributed by atoms with Crippen molar-refractivity contribution < 1.29 is 8.42 Å². The molecule has 1 aromatic carbocycles. The van der Waals surface area contributed by atoms with E-state index in [0.29, 0.717) is 18.2 Å². The predicted molar refractivity (Wildman–Crippen MR) is 85.5 cm³/mol. The van der Waals surface area contributed by atoms with E-state index in [9.17, 15) is 8.42 Å². The summed E-state index contributed by atoms with van der Waals surface area (Å²) in [6.45, 7) is 2.06. The molecule has 0 spiro atoms. The van der Waals surface area contributed by atoms with Crippen molar-refractivity contribution >= 4 is 33.0 Å². The van der Waals surface area contributed by atoms with Crippen molar-refractivity contribution in [3.63, 3.8) is 0 Å². The van der Waals surface area contributed by atoms with Gasteiger partial charge in [0.05, 0.1) is 11.5 Å². The van der Waals surface area contributed by atoms with Gasteiger partial charge in [-0.3, -0.25) is 0 Å². The number of rotatable bonds is 5. The topological polar surface area (TPSA) is 34.1 Å². The van der Waals surface area contributed by atoms with Gasteiger partial charge in [-0.2, -0.15) is 0 Å². The maximum Gasteiger partial charge on any atom is 0.150 e. The van der Waals surface area contributed by atoms with Crippen LogP contribution in [0.25, 0.3) is 0 Å². The number of aryl methyl sites for hydroxylation is 1. The Hall–Kier alpha value is -0.250. The lowest BCUT2D eigenvalue weighted by molar-refractivity contribution is 0.244. The van der Waals surface area contributed by atoms with Crippen LogP contribution in [0.1, 0.15) is 17.5 Å². The minimum absolute atomic E-state index is 0.0575. The molecule has 1 heterocycles. The number of halogens is 2. The molecule has 1 fully saturated rings. The van der Waals surface area contributed by atoms with Crippen LogP contribution in [0.4, 0.5) is 0 Å². The average Bonchev–Trinajstić information content (AvgIpc) is 2.79. The number of sulfone groups is 1. The Balaban J connectivity index is 2.29. The number of alkyl halides is 2. The maximum atomic E-state index is 11.8. The van der Waals surface area contributed by atoms with Gasteiger partial charge >= 0.3 is 0 Å². The molecule has 2 rings (SSSR count). The minimum atomic E-state index is -2.92. The van der Waals surface area contributed by atoms with E-state index in [1.54, 1.807) is 0 Å². The molecule has 2 nitrogen and oxygen atoms in total. The van der Waals surface area contributed by atoms with Gasteiger partial charge in [-0.15, -0.1) is 23.2 Å². The van der Waals surface area contributed by atoms with Crippen LogP contribution in [0, 0.1) is 18.3 Å². The number of benzene rings is 1. The van der Waals surface area contributed by atoms with E-state index in [1.807, 2.05) is 12.1 Å². The Morgan fingerprint density at radius 2 is 1.90 bits per heavy atom. The zero-order valence-electron chi connectivity index (χ0n) is 11.6. The second-order valence-corrected chi connectivity index (χ2v) is 8.60. The molecular weight excluding hydrogens is 315 g/mol. The Morgan fingerprint density at radius 1 is 1.25 bits per heavy atom. The Labute approximate surface area is 131 Å². The van der Waals surface area contributed by atoms with Crippen molar-refractivity contribution in [3.8, 4) is 0 Å². The van der Waals surface area contributed by atoms with E-state index in [1.165, 1.54) is 11.1 Å². The molecule has 5 heteroatoms. The van der Waals surface area contributed by atoms with Crippen LogP contribution in [-0.4, -0.2) is 31.7 Å². The van der Waals surface area contributed by atoms with Gasteiger partial charge in [0.1, 0.15) is 0 Å². The van der Waals surface area contributed by atoms with Crippen molar-refractivity contribution in [1.82, 2.24) is 0 Å². The van der Waals surface area contributed by atoms with E-state index in [4.69, 9.17) is 23.2 Å². The van der Waals surface area contributed by atoms with Crippen molar-refractivity contribution in [2.75, 3.05) is 23.3 Å². The third-order valence-corrected chi connectivity index (χ3v) is 7.27. The third kappa shape index (κ3) is 3.32. The summed E-state index contributed by atoms with van der Waals surface area (Å²) in [6, 6.07) is 8.14. The zero-order valence-corrected chi connectivity index (χ0v) is 13.9. The molecule has 1 aliphatic heterocycles. The molecule has 0 aliphatic carbocycles. The van der Waals surface area contributed by atoms with Crippen LogP contribution in [0.15, 0.2) is 24.3 Å². The number of hydrogen-bond acceptors (Lipinski definition) is 2. The standard InChI is InChI=1S/C15H20Cl2O2S/c1-12-4-2-3-5-13(12)8-15(10-16,11-17)14-6-7-20(18,19)9-14/h2-5,14H,6-11H2,1H3. The summed E-state index contributed by atoms with van der Waals surface area (Å²) in [6.07, 6.45) is 1.42. The smallest absolute Gasteiger partial charge is 0.150 e. The lowest BCUT2D eigenvalue weighted by Gasteiger charge is -2.35. The van der Waals surface area contributed by atoms with Crippen LogP contribution in [0.2, 0.25) is 0 Å². The molecule has 20 heavy (non-hydrogen) atoms. The fourth-order valence-corrected chi connectivity index (χ4v) is 5.81. The molecule has 0 amide bonds. The first-order valence-corrected chi connectivity index (χ1v) is 9.68. The highest BCUT2D eigenvalue weighted by atomic mass is 35.5. The summed E-state index contributed by atoms with van der Waals surface area (Å²) in [5.74, 6) is 1.33. The van der Waals surface area contributed by atoms with Crippen LogP contribution >= 0.6 is 23.2 Å². The van der Waals surface area contributed by atoms with E-state index in [2.05, 4.69) is 19.1 Å². The van der Waals surface area contributed by atoms with Crippen LogP contribution < -0.4 is 0 Å². The zero-order chi connectivity index (χ0) is 14.8. The molecule has 1 unspecified atom stereocenters. The van der Waals surface area contributed by atoms with E-state index >= 15 is 0 Å². The summed E-state index contributed by atoms with van der Waals surface area (Å²) in [4.78, 5) is 0. The first-order chi connectivity index (χ1) is 9.42. The second kappa shape index (κ2) is 6.25. The summed E-state index contributed by atoms with van der Waals surface area (Å²) >= 11 is 12.4. The summed E-state index contributed by atoms with van der Waals surface area (Å²) in [5.41, 5.74) is 2.07. The van der Waals surface area contributed by atoms with Crippen molar-refractivity contribution in [2.45, 2.75) is 19.8 Å². The molecular formula is C15H20Cl2O2S. The van der Waals surface area contributed by atoms with E-state index in [-0.39, 0.29) is 22.8 Å². The summed E-state index contributed by atoms with van der Waals surface area (Å²) in [7, 11) is -2.92. The Morgan fingerprint density at radius 3 is 2.40 bits per heavy atom.